The van der Waals surface area contributed by atoms with Crippen LogP contribution in [-0.4, -0.2) is 29.3 Å². The molecule has 0 fully saturated rings. The molecule has 3 rings (SSSR count). The summed E-state index contributed by atoms with van der Waals surface area (Å²) < 4.78 is 7.39. The molecular weight excluding hydrogens is 280 g/mol. The average Bonchev–Trinajstić information content (AvgIpc) is 2.72. The Hall–Kier alpha value is -1.72. The number of methoxy groups -OCH3 is 1. The van der Waals surface area contributed by atoms with Crippen molar-refractivity contribution in [2.75, 3.05) is 13.7 Å². The lowest BCUT2D eigenvalue weighted by molar-refractivity contribution is -0.136. The van der Waals surface area contributed by atoms with Crippen LogP contribution in [0.1, 0.15) is 11.3 Å². The average molecular weight is 295 g/mol. The van der Waals surface area contributed by atoms with E-state index in [9.17, 15) is 4.79 Å². The third-order valence-corrected chi connectivity index (χ3v) is 3.99. The number of nitrogens with one attached hydrogen (secondary N) is 1. The van der Waals surface area contributed by atoms with Crippen molar-refractivity contribution in [1.82, 2.24) is 9.88 Å². The van der Waals surface area contributed by atoms with Crippen LogP contribution in [-0.2, 0) is 24.3 Å². The number of carboxylic acids is 1. The predicted octanol–water partition coefficient (Wildman–Crippen LogP) is 2.03. The molecule has 20 heavy (non-hydrogen) atoms. The van der Waals surface area contributed by atoms with Crippen molar-refractivity contribution in [3.63, 3.8) is 0 Å². The fourth-order valence-corrected chi connectivity index (χ4v) is 3.07. The van der Waals surface area contributed by atoms with Gasteiger partial charge in [-0.3, -0.25) is 4.79 Å². The van der Waals surface area contributed by atoms with Crippen LogP contribution in [0.25, 0.3) is 10.9 Å². The van der Waals surface area contributed by atoms with E-state index in [0.717, 1.165) is 35.2 Å². The molecule has 5 nitrogen and oxygen atoms in total. The Bertz CT molecular complexity index is 694. The van der Waals surface area contributed by atoms with Crippen molar-refractivity contribution in [1.29, 1.82) is 0 Å². The number of aliphatic carboxylic acids is 1. The van der Waals surface area contributed by atoms with E-state index < -0.39 is 5.97 Å². The van der Waals surface area contributed by atoms with Gasteiger partial charge in [0.2, 0.25) is 0 Å². The molecule has 1 aromatic heterocycles. The normalized spacial score (nSPS) is 14.3. The smallest absolute Gasteiger partial charge is 0.307 e. The Kier molecular flexibility index (Phi) is 3.31. The highest BCUT2D eigenvalue weighted by Crippen LogP contribution is 2.35. The maximum absolute atomic E-state index is 11.1. The van der Waals surface area contributed by atoms with Crippen LogP contribution in [0.15, 0.2) is 12.1 Å². The van der Waals surface area contributed by atoms with Gasteiger partial charge < -0.3 is 19.7 Å². The van der Waals surface area contributed by atoms with Crippen LogP contribution in [0.3, 0.4) is 0 Å². The fourth-order valence-electron chi connectivity index (χ4n) is 2.83. The molecule has 6 heteroatoms. The van der Waals surface area contributed by atoms with Gasteiger partial charge >= 0.3 is 5.97 Å². The Morgan fingerprint density at radius 1 is 1.55 bits per heavy atom. The summed E-state index contributed by atoms with van der Waals surface area (Å²) in [5.41, 5.74) is 2.84. The number of benzene rings is 1. The van der Waals surface area contributed by atoms with Crippen molar-refractivity contribution < 1.29 is 14.6 Å². The number of rotatable bonds is 3. The molecule has 106 valence electrons. The van der Waals surface area contributed by atoms with Gasteiger partial charge in [0, 0.05) is 30.7 Å². The van der Waals surface area contributed by atoms with E-state index in [1.54, 1.807) is 7.11 Å². The van der Waals surface area contributed by atoms with Gasteiger partial charge in [-0.15, -0.1) is 0 Å². The second-order valence-electron chi connectivity index (χ2n) is 4.83. The lowest BCUT2D eigenvalue weighted by Gasteiger charge is -2.18. The molecule has 2 N–H and O–H groups in total. The van der Waals surface area contributed by atoms with E-state index in [2.05, 4.69) is 9.88 Å². The van der Waals surface area contributed by atoms with Crippen molar-refractivity contribution >= 4 is 28.5 Å². The van der Waals surface area contributed by atoms with E-state index in [1.807, 2.05) is 12.1 Å². The fraction of sp³-hybridized carbons (Fsp3) is 0.357. The maximum atomic E-state index is 11.1. The van der Waals surface area contributed by atoms with Gasteiger partial charge in [0.1, 0.15) is 5.75 Å². The van der Waals surface area contributed by atoms with E-state index in [1.165, 1.54) is 0 Å². The minimum Gasteiger partial charge on any atom is -0.495 e. The zero-order valence-corrected chi connectivity index (χ0v) is 11.8. The molecule has 1 aliphatic heterocycles. The summed E-state index contributed by atoms with van der Waals surface area (Å²) in [6.45, 7) is 2.36. The molecule has 0 spiro atoms. The third-order valence-electron chi connectivity index (χ3n) is 3.69. The molecular formula is C14H15ClN2O3. The minimum absolute atomic E-state index is 0.00526. The molecule has 0 unspecified atom stereocenters. The Labute approximate surface area is 121 Å². The van der Waals surface area contributed by atoms with Gasteiger partial charge in [0.25, 0.3) is 0 Å². The minimum atomic E-state index is -0.834. The van der Waals surface area contributed by atoms with E-state index in [0.29, 0.717) is 17.3 Å². The number of aromatic nitrogens is 1. The lowest BCUT2D eigenvalue weighted by Crippen LogP contribution is -2.28. The number of carboxylic acid groups (broad SMARTS) is 1. The second kappa shape index (κ2) is 5.00. The molecule has 2 heterocycles. The largest absolute Gasteiger partial charge is 0.495 e. The summed E-state index contributed by atoms with van der Waals surface area (Å²) in [6, 6.07) is 3.69. The molecule has 0 aliphatic carbocycles. The van der Waals surface area contributed by atoms with Crippen molar-refractivity contribution in [3.05, 3.63) is 28.4 Å². The van der Waals surface area contributed by atoms with Crippen molar-refractivity contribution in [2.24, 2.45) is 0 Å². The van der Waals surface area contributed by atoms with E-state index >= 15 is 0 Å². The van der Waals surface area contributed by atoms with Gasteiger partial charge in [-0.2, -0.15) is 0 Å². The maximum Gasteiger partial charge on any atom is 0.307 e. The van der Waals surface area contributed by atoms with Crippen LogP contribution in [0.5, 0.6) is 5.75 Å². The monoisotopic (exact) mass is 294 g/mol. The zero-order valence-electron chi connectivity index (χ0n) is 11.1. The first-order valence-electron chi connectivity index (χ1n) is 6.41. The van der Waals surface area contributed by atoms with Gasteiger partial charge in [-0.25, -0.2) is 0 Å². The SMILES string of the molecule is COc1cc2c(CC(=O)O)c3n(c2cc1Cl)CCNC3. The molecule has 0 saturated carbocycles. The molecule has 1 aliphatic rings. The molecule has 0 amide bonds. The topological polar surface area (TPSA) is 63.5 Å². The number of carbonyl (C=O) groups is 1. The highest BCUT2D eigenvalue weighted by atomic mass is 35.5. The molecule has 0 atom stereocenters. The zero-order chi connectivity index (χ0) is 14.3. The van der Waals surface area contributed by atoms with E-state index in [-0.39, 0.29) is 6.42 Å². The summed E-state index contributed by atoms with van der Waals surface area (Å²) in [5, 5.41) is 13.9. The van der Waals surface area contributed by atoms with E-state index in [4.69, 9.17) is 21.4 Å². The lowest BCUT2D eigenvalue weighted by atomic mass is 10.1. The number of ether oxygens (including phenoxy) is 1. The molecule has 0 bridgehead atoms. The standard InChI is InChI=1S/C14H15ClN2O3/c1-20-13-4-8-9(5-14(18)19)12-7-16-2-3-17(12)11(8)6-10(13)15/h4,6,16H,2-3,5,7H2,1H3,(H,18,19). The summed E-state index contributed by atoms with van der Waals surface area (Å²) in [4.78, 5) is 11.1. The summed E-state index contributed by atoms with van der Waals surface area (Å²) in [5.74, 6) is -0.262. The Morgan fingerprint density at radius 2 is 2.35 bits per heavy atom. The third kappa shape index (κ3) is 2.03. The number of hydrogen-bond acceptors (Lipinski definition) is 3. The number of halogens is 1. The molecule has 0 saturated heterocycles. The van der Waals surface area contributed by atoms with Gasteiger partial charge in [0.15, 0.2) is 0 Å². The summed E-state index contributed by atoms with van der Waals surface area (Å²) in [6.07, 6.45) is 0.00526. The van der Waals surface area contributed by atoms with Crippen LogP contribution in [0, 0.1) is 0 Å². The first-order chi connectivity index (χ1) is 9.61. The summed E-state index contributed by atoms with van der Waals surface area (Å²) in [7, 11) is 1.56. The molecule has 2 aromatic rings. The second-order valence-corrected chi connectivity index (χ2v) is 5.24. The van der Waals surface area contributed by atoms with Crippen LogP contribution in [0.2, 0.25) is 5.02 Å². The van der Waals surface area contributed by atoms with Gasteiger partial charge in [-0.1, -0.05) is 11.6 Å². The highest BCUT2D eigenvalue weighted by molar-refractivity contribution is 6.32. The quantitative estimate of drug-likeness (QED) is 0.909. The van der Waals surface area contributed by atoms with Crippen LogP contribution in [0.4, 0.5) is 0 Å². The Balaban J connectivity index is 2.30. The van der Waals surface area contributed by atoms with Crippen molar-refractivity contribution in [3.8, 4) is 5.75 Å². The molecule has 0 radical (unpaired) electrons. The van der Waals surface area contributed by atoms with Crippen molar-refractivity contribution in [2.45, 2.75) is 19.5 Å². The van der Waals surface area contributed by atoms with Crippen LogP contribution < -0.4 is 10.1 Å². The van der Waals surface area contributed by atoms with Gasteiger partial charge in [0.05, 0.1) is 24.1 Å². The number of nitrogens with zero attached hydrogens (tertiary/aromatic N) is 1. The van der Waals surface area contributed by atoms with Crippen LogP contribution >= 0.6 is 11.6 Å². The Morgan fingerprint density at radius 3 is 3.05 bits per heavy atom. The summed E-state index contributed by atoms with van der Waals surface area (Å²) >= 11 is 6.19. The number of hydrogen-bond donors (Lipinski definition) is 2. The first kappa shape index (κ1) is 13.3. The highest BCUT2D eigenvalue weighted by Gasteiger charge is 2.22. The van der Waals surface area contributed by atoms with Gasteiger partial charge in [-0.05, 0) is 17.7 Å². The number of fused-ring (bicyclic) bond motifs is 3. The first-order valence-corrected chi connectivity index (χ1v) is 6.79. The molecule has 1 aromatic carbocycles. The predicted molar refractivity (Wildman–Crippen MR) is 76.5 cm³/mol.